The number of benzene rings is 2. The van der Waals surface area contributed by atoms with Crippen LogP contribution >= 0.6 is 0 Å². The summed E-state index contributed by atoms with van der Waals surface area (Å²) in [5, 5.41) is 4.62. The topological polar surface area (TPSA) is 72.3 Å². The highest BCUT2D eigenvalue weighted by molar-refractivity contribution is 7.89. The van der Waals surface area contributed by atoms with E-state index in [1.54, 1.807) is 6.08 Å². The number of hydrogen-bond donors (Lipinski definition) is 0. The molecule has 0 N–H and O–H groups in total. The molecule has 1 aromatic heterocycles. The number of aryl methyl sites for hydroxylation is 2. The number of ketones is 1. The Bertz CT molecular complexity index is 1220. The van der Waals surface area contributed by atoms with E-state index in [1.807, 2.05) is 18.5 Å². The molecule has 0 radical (unpaired) electrons. The number of aromatic nitrogens is 2. The molecule has 0 amide bonds. The SMILES string of the molecule is Cc1ccc(Cn2nc(C)c(/C=C/C(=O)c3ccc(S(=O)(=O)N(C)C)cc3)c2C)cc1. The minimum atomic E-state index is -3.52. The zero-order valence-corrected chi connectivity index (χ0v) is 19.3. The predicted molar refractivity (Wildman–Crippen MR) is 123 cm³/mol. The third-order valence-electron chi connectivity index (χ3n) is 5.21. The van der Waals surface area contributed by atoms with Gasteiger partial charge in [-0.05, 0) is 62.8 Å². The van der Waals surface area contributed by atoms with Crippen LogP contribution in [0.15, 0.2) is 59.5 Å². The van der Waals surface area contributed by atoms with E-state index in [0.717, 1.165) is 26.8 Å². The van der Waals surface area contributed by atoms with Crippen LogP contribution in [0.3, 0.4) is 0 Å². The van der Waals surface area contributed by atoms with E-state index in [2.05, 4.69) is 36.3 Å². The molecule has 2 aromatic carbocycles. The summed E-state index contributed by atoms with van der Waals surface area (Å²) in [4.78, 5) is 12.7. The first kappa shape index (κ1) is 22.7. The first-order valence-corrected chi connectivity index (χ1v) is 11.4. The van der Waals surface area contributed by atoms with Crippen molar-refractivity contribution in [1.82, 2.24) is 14.1 Å². The van der Waals surface area contributed by atoms with Crippen LogP contribution < -0.4 is 0 Å². The fourth-order valence-electron chi connectivity index (χ4n) is 3.23. The second-order valence-corrected chi connectivity index (χ2v) is 9.89. The Morgan fingerprint density at radius 1 is 1.00 bits per heavy atom. The molecule has 0 fully saturated rings. The molecule has 1 heterocycles. The molecule has 31 heavy (non-hydrogen) atoms. The molecule has 0 unspecified atom stereocenters. The van der Waals surface area contributed by atoms with Crippen molar-refractivity contribution in [3.8, 4) is 0 Å². The first-order valence-electron chi connectivity index (χ1n) is 9.94. The fourth-order valence-corrected chi connectivity index (χ4v) is 4.13. The summed E-state index contributed by atoms with van der Waals surface area (Å²) in [5.74, 6) is -0.195. The molecule has 0 bridgehead atoms. The van der Waals surface area contributed by atoms with Crippen LogP contribution in [0.4, 0.5) is 0 Å². The van der Waals surface area contributed by atoms with Gasteiger partial charge in [-0.25, -0.2) is 12.7 Å². The van der Waals surface area contributed by atoms with Crippen LogP contribution in [0, 0.1) is 20.8 Å². The van der Waals surface area contributed by atoms with E-state index < -0.39 is 10.0 Å². The lowest BCUT2D eigenvalue weighted by molar-refractivity contribution is 0.104. The molecule has 0 spiro atoms. The molecule has 6 nitrogen and oxygen atoms in total. The second kappa shape index (κ2) is 8.99. The highest BCUT2D eigenvalue weighted by Gasteiger charge is 2.17. The van der Waals surface area contributed by atoms with Crippen LogP contribution in [-0.2, 0) is 16.6 Å². The minimum absolute atomic E-state index is 0.155. The quantitative estimate of drug-likeness (QED) is 0.414. The van der Waals surface area contributed by atoms with E-state index in [1.165, 1.54) is 50.0 Å². The number of rotatable bonds is 7. The summed E-state index contributed by atoms with van der Waals surface area (Å²) in [6.45, 7) is 6.63. The number of carbonyl (C=O) groups excluding carboxylic acids is 1. The summed E-state index contributed by atoms with van der Waals surface area (Å²) in [6, 6.07) is 14.3. The van der Waals surface area contributed by atoms with Gasteiger partial charge in [0.05, 0.1) is 17.1 Å². The lowest BCUT2D eigenvalue weighted by atomic mass is 10.1. The average molecular weight is 438 g/mol. The maximum Gasteiger partial charge on any atom is 0.242 e. The summed E-state index contributed by atoms with van der Waals surface area (Å²) in [7, 11) is -0.572. The Morgan fingerprint density at radius 3 is 2.19 bits per heavy atom. The molecule has 0 saturated carbocycles. The standard InChI is InChI=1S/C24H27N3O3S/c1-17-6-8-20(9-7-17)16-27-19(3)23(18(2)25-27)14-15-24(28)21-10-12-22(13-11-21)31(29,30)26(4)5/h6-15H,16H2,1-5H3/b15-14+. The van der Waals surface area contributed by atoms with E-state index in [-0.39, 0.29) is 10.7 Å². The fraction of sp³-hybridized carbons (Fsp3) is 0.250. The van der Waals surface area contributed by atoms with Gasteiger partial charge in [-0.15, -0.1) is 0 Å². The molecule has 7 heteroatoms. The smallest absolute Gasteiger partial charge is 0.242 e. The molecular formula is C24H27N3O3S. The molecule has 0 atom stereocenters. The van der Waals surface area contributed by atoms with Crippen molar-refractivity contribution < 1.29 is 13.2 Å². The first-order chi connectivity index (χ1) is 14.6. The Hall–Kier alpha value is -3.03. The van der Waals surface area contributed by atoms with Gasteiger partial charge in [-0.1, -0.05) is 29.8 Å². The molecule has 0 aliphatic carbocycles. The van der Waals surface area contributed by atoms with Crippen LogP contribution in [0.25, 0.3) is 6.08 Å². The lowest BCUT2D eigenvalue weighted by Gasteiger charge is -2.11. The van der Waals surface area contributed by atoms with Gasteiger partial charge in [0.1, 0.15) is 0 Å². The van der Waals surface area contributed by atoms with Gasteiger partial charge in [-0.2, -0.15) is 5.10 Å². The van der Waals surface area contributed by atoms with E-state index in [9.17, 15) is 13.2 Å². The largest absolute Gasteiger partial charge is 0.289 e. The van der Waals surface area contributed by atoms with Crippen LogP contribution in [0.1, 0.15) is 38.4 Å². The molecule has 3 rings (SSSR count). The van der Waals surface area contributed by atoms with Crippen molar-refractivity contribution in [2.75, 3.05) is 14.1 Å². The molecular weight excluding hydrogens is 410 g/mol. The van der Waals surface area contributed by atoms with Gasteiger partial charge in [-0.3, -0.25) is 9.48 Å². The normalized spacial score (nSPS) is 12.1. The Labute approximate surface area is 183 Å². The van der Waals surface area contributed by atoms with E-state index in [0.29, 0.717) is 12.1 Å². The highest BCUT2D eigenvalue weighted by Crippen LogP contribution is 2.18. The third-order valence-corrected chi connectivity index (χ3v) is 7.04. The molecule has 0 aliphatic rings. The minimum Gasteiger partial charge on any atom is -0.289 e. The summed E-state index contributed by atoms with van der Waals surface area (Å²) < 4.78 is 27.4. The van der Waals surface area contributed by atoms with Crippen molar-refractivity contribution in [1.29, 1.82) is 0 Å². The molecule has 0 saturated heterocycles. The Balaban J connectivity index is 1.78. The van der Waals surface area contributed by atoms with E-state index >= 15 is 0 Å². The number of nitrogens with zero attached hydrogens (tertiary/aromatic N) is 3. The van der Waals surface area contributed by atoms with Crippen LogP contribution in [0.5, 0.6) is 0 Å². The van der Waals surface area contributed by atoms with Crippen molar-refractivity contribution in [3.63, 3.8) is 0 Å². The van der Waals surface area contributed by atoms with Gasteiger partial charge in [0.15, 0.2) is 5.78 Å². The summed E-state index contributed by atoms with van der Waals surface area (Å²) in [5.41, 5.74) is 5.54. The van der Waals surface area contributed by atoms with Crippen molar-refractivity contribution in [2.24, 2.45) is 0 Å². The summed E-state index contributed by atoms with van der Waals surface area (Å²) in [6.07, 6.45) is 3.28. The van der Waals surface area contributed by atoms with Gasteiger partial charge in [0.2, 0.25) is 10.0 Å². The van der Waals surface area contributed by atoms with E-state index in [4.69, 9.17) is 0 Å². The number of carbonyl (C=O) groups is 1. The highest BCUT2D eigenvalue weighted by atomic mass is 32.2. The van der Waals surface area contributed by atoms with Gasteiger partial charge < -0.3 is 0 Å². The summed E-state index contributed by atoms with van der Waals surface area (Å²) >= 11 is 0. The molecule has 0 aliphatic heterocycles. The maximum atomic E-state index is 12.6. The van der Waals surface area contributed by atoms with Crippen molar-refractivity contribution >= 4 is 21.9 Å². The zero-order chi connectivity index (χ0) is 22.8. The monoisotopic (exact) mass is 437 g/mol. The van der Waals surface area contributed by atoms with Crippen LogP contribution in [0.2, 0.25) is 0 Å². The number of hydrogen-bond acceptors (Lipinski definition) is 4. The van der Waals surface area contributed by atoms with Crippen molar-refractivity contribution in [3.05, 3.63) is 88.2 Å². The Kier molecular flexibility index (Phi) is 6.57. The predicted octanol–water partition coefficient (Wildman–Crippen LogP) is 4.00. The Morgan fingerprint density at radius 2 is 1.61 bits per heavy atom. The van der Waals surface area contributed by atoms with Crippen molar-refractivity contribution in [2.45, 2.75) is 32.2 Å². The second-order valence-electron chi connectivity index (χ2n) is 7.74. The van der Waals surface area contributed by atoms with Gasteiger partial charge in [0, 0.05) is 30.9 Å². The number of sulfonamides is 1. The maximum absolute atomic E-state index is 12.6. The van der Waals surface area contributed by atoms with Gasteiger partial charge in [0.25, 0.3) is 0 Å². The third kappa shape index (κ3) is 5.00. The lowest BCUT2D eigenvalue weighted by Crippen LogP contribution is -2.22. The van der Waals surface area contributed by atoms with Gasteiger partial charge >= 0.3 is 0 Å². The average Bonchev–Trinajstić information content (AvgIpc) is 3.00. The molecule has 3 aromatic rings. The molecule has 162 valence electrons. The zero-order valence-electron chi connectivity index (χ0n) is 18.5. The van der Waals surface area contributed by atoms with Crippen LogP contribution in [-0.4, -0.2) is 42.4 Å². The number of allylic oxidation sites excluding steroid dienone is 1.